The fraction of sp³-hybridized carbons (Fsp3) is 0.273. The van der Waals surface area contributed by atoms with Crippen LogP contribution < -0.4 is 4.74 Å². The van der Waals surface area contributed by atoms with Gasteiger partial charge in [0.1, 0.15) is 11.3 Å². The van der Waals surface area contributed by atoms with Crippen LogP contribution >= 0.6 is 15.9 Å². The van der Waals surface area contributed by atoms with Gasteiger partial charge in [-0.1, -0.05) is 15.9 Å². The van der Waals surface area contributed by atoms with Gasteiger partial charge in [-0.25, -0.2) is 4.79 Å². The summed E-state index contributed by atoms with van der Waals surface area (Å²) in [4.78, 5) is 21.8. The van der Waals surface area contributed by atoms with Crippen LogP contribution in [0.1, 0.15) is 16.8 Å². The first-order valence-electron chi connectivity index (χ1n) is 4.77. The minimum Gasteiger partial charge on any atom is -0.492 e. The van der Waals surface area contributed by atoms with Gasteiger partial charge in [0.05, 0.1) is 20.1 Å². The summed E-state index contributed by atoms with van der Waals surface area (Å²) in [6.07, 6.45) is -0.128. The summed E-state index contributed by atoms with van der Waals surface area (Å²) in [5.74, 6) is -1.18. The summed E-state index contributed by atoms with van der Waals surface area (Å²) in [7, 11) is 1.27. The maximum atomic E-state index is 11.4. The average Bonchev–Trinajstić information content (AvgIpc) is 2.29. The molecule has 0 amide bonds. The molecule has 6 heteroatoms. The van der Waals surface area contributed by atoms with Gasteiger partial charge in [0.2, 0.25) is 0 Å². The number of carbonyl (C=O) groups excluding carboxylic acids is 1. The molecular weight excluding hydrogens is 292 g/mol. The van der Waals surface area contributed by atoms with E-state index >= 15 is 0 Å². The van der Waals surface area contributed by atoms with Crippen molar-refractivity contribution in [3.8, 4) is 5.75 Å². The standard InChI is InChI=1S/C11H11BrO5/c1-16-11(15)8-6-7(12)2-3-9(8)17-5-4-10(13)14/h2-3,6H,4-5H2,1H3,(H,13,14). The van der Waals surface area contributed by atoms with Crippen LogP contribution in [0.3, 0.4) is 0 Å². The number of esters is 1. The molecule has 0 spiro atoms. The number of methoxy groups -OCH3 is 1. The predicted octanol–water partition coefficient (Wildman–Crippen LogP) is 2.09. The van der Waals surface area contributed by atoms with Crippen LogP contribution in [-0.4, -0.2) is 30.8 Å². The second kappa shape index (κ2) is 6.24. The van der Waals surface area contributed by atoms with E-state index in [2.05, 4.69) is 20.7 Å². The quantitative estimate of drug-likeness (QED) is 0.843. The summed E-state index contributed by atoms with van der Waals surface area (Å²) in [6, 6.07) is 4.84. The molecule has 1 aromatic carbocycles. The van der Waals surface area contributed by atoms with Crippen LogP contribution in [0, 0.1) is 0 Å². The zero-order valence-corrected chi connectivity index (χ0v) is 10.7. The van der Waals surface area contributed by atoms with Crippen LogP contribution in [0.5, 0.6) is 5.75 Å². The number of halogens is 1. The van der Waals surface area contributed by atoms with Crippen molar-refractivity contribution in [2.45, 2.75) is 6.42 Å². The molecule has 0 atom stereocenters. The summed E-state index contributed by atoms with van der Waals surface area (Å²) >= 11 is 3.23. The van der Waals surface area contributed by atoms with E-state index in [9.17, 15) is 9.59 Å². The lowest BCUT2D eigenvalue weighted by atomic mass is 10.2. The van der Waals surface area contributed by atoms with Crippen molar-refractivity contribution in [1.82, 2.24) is 0 Å². The van der Waals surface area contributed by atoms with E-state index in [0.717, 1.165) is 0 Å². The topological polar surface area (TPSA) is 72.8 Å². The molecule has 0 aliphatic rings. The Morgan fingerprint density at radius 1 is 1.41 bits per heavy atom. The highest BCUT2D eigenvalue weighted by Crippen LogP contribution is 2.24. The largest absolute Gasteiger partial charge is 0.492 e. The average molecular weight is 303 g/mol. The van der Waals surface area contributed by atoms with Crippen LogP contribution in [-0.2, 0) is 9.53 Å². The number of ether oxygens (including phenoxy) is 2. The van der Waals surface area contributed by atoms with Gasteiger partial charge >= 0.3 is 11.9 Å². The molecule has 0 radical (unpaired) electrons. The van der Waals surface area contributed by atoms with Crippen LogP contribution in [0.15, 0.2) is 22.7 Å². The van der Waals surface area contributed by atoms with Gasteiger partial charge in [-0.15, -0.1) is 0 Å². The maximum absolute atomic E-state index is 11.4. The van der Waals surface area contributed by atoms with Gasteiger partial charge in [0.25, 0.3) is 0 Å². The zero-order chi connectivity index (χ0) is 12.8. The molecule has 1 aromatic rings. The van der Waals surface area contributed by atoms with E-state index in [-0.39, 0.29) is 18.6 Å². The van der Waals surface area contributed by atoms with Crippen molar-refractivity contribution in [3.05, 3.63) is 28.2 Å². The fourth-order valence-corrected chi connectivity index (χ4v) is 1.51. The minimum absolute atomic E-state index is 0.000952. The molecule has 1 N–H and O–H groups in total. The number of hydrogen-bond acceptors (Lipinski definition) is 4. The normalized spacial score (nSPS) is 9.76. The van der Waals surface area contributed by atoms with Gasteiger partial charge in [0.15, 0.2) is 0 Å². The van der Waals surface area contributed by atoms with E-state index in [0.29, 0.717) is 10.2 Å². The van der Waals surface area contributed by atoms with Gasteiger partial charge < -0.3 is 14.6 Å². The molecule has 0 saturated carbocycles. The van der Waals surface area contributed by atoms with Gasteiger partial charge in [0, 0.05) is 4.47 Å². The molecule has 0 saturated heterocycles. The van der Waals surface area contributed by atoms with E-state index in [1.54, 1.807) is 18.2 Å². The number of carboxylic acid groups (broad SMARTS) is 1. The van der Waals surface area contributed by atoms with Gasteiger partial charge in [-0.2, -0.15) is 0 Å². The molecular formula is C11H11BrO5. The van der Waals surface area contributed by atoms with E-state index in [4.69, 9.17) is 9.84 Å². The lowest BCUT2D eigenvalue weighted by Gasteiger charge is -2.09. The number of aliphatic carboxylic acids is 1. The Morgan fingerprint density at radius 2 is 2.12 bits per heavy atom. The molecule has 0 heterocycles. The third kappa shape index (κ3) is 4.07. The molecule has 1 rings (SSSR count). The van der Waals surface area contributed by atoms with Crippen molar-refractivity contribution < 1.29 is 24.2 Å². The van der Waals surface area contributed by atoms with Crippen LogP contribution in [0.4, 0.5) is 0 Å². The number of carboxylic acids is 1. The zero-order valence-electron chi connectivity index (χ0n) is 9.10. The minimum atomic E-state index is -0.957. The number of carbonyl (C=O) groups is 2. The van der Waals surface area contributed by atoms with Crippen molar-refractivity contribution in [3.63, 3.8) is 0 Å². The molecule has 0 unspecified atom stereocenters. The Morgan fingerprint density at radius 3 is 2.71 bits per heavy atom. The molecule has 0 bridgehead atoms. The van der Waals surface area contributed by atoms with E-state index < -0.39 is 11.9 Å². The lowest BCUT2D eigenvalue weighted by Crippen LogP contribution is -2.09. The maximum Gasteiger partial charge on any atom is 0.341 e. The summed E-state index contributed by atoms with van der Waals surface area (Å²) in [5.41, 5.74) is 0.257. The highest BCUT2D eigenvalue weighted by Gasteiger charge is 2.13. The van der Waals surface area contributed by atoms with E-state index in [1.165, 1.54) is 7.11 Å². The third-order valence-electron chi connectivity index (χ3n) is 1.92. The number of hydrogen-bond donors (Lipinski definition) is 1. The molecule has 0 aromatic heterocycles. The highest BCUT2D eigenvalue weighted by molar-refractivity contribution is 9.10. The SMILES string of the molecule is COC(=O)c1cc(Br)ccc1OCCC(=O)O. The van der Waals surface area contributed by atoms with Crippen molar-refractivity contribution >= 4 is 27.9 Å². The van der Waals surface area contributed by atoms with Gasteiger partial charge in [-0.3, -0.25) is 4.79 Å². The first-order chi connectivity index (χ1) is 8.04. The molecule has 0 aliphatic heterocycles. The van der Waals surface area contributed by atoms with E-state index in [1.807, 2.05) is 0 Å². The second-order valence-electron chi connectivity index (χ2n) is 3.12. The Balaban J connectivity index is 2.83. The predicted molar refractivity (Wildman–Crippen MR) is 63.2 cm³/mol. The third-order valence-corrected chi connectivity index (χ3v) is 2.41. The first kappa shape index (κ1) is 13.5. The molecule has 92 valence electrons. The first-order valence-corrected chi connectivity index (χ1v) is 5.56. The van der Waals surface area contributed by atoms with Crippen molar-refractivity contribution in [2.24, 2.45) is 0 Å². The van der Waals surface area contributed by atoms with Crippen LogP contribution in [0.25, 0.3) is 0 Å². The Labute approximate surface area is 106 Å². The number of rotatable bonds is 5. The molecule has 5 nitrogen and oxygen atoms in total. The fourth-order valence-electron chi connectivity index (χ4n) is 1.15. The lowest BCUT2D eigenvalue weighted by molar-refractivity contribution is -0.137. The molecule has 0 aliphatic carbocycles. The number of benzene rings is 1. The molecule has 17 heavy (non-hydrogen) atoms. The van der Waals surface area contributed by atoms with Crippen molar-refractivity contribution in [1.29, 1.82) is 0 Å². The van der Waals surface area contributed by atoms with Crippen LogP contribution in [0.2, 0.25) is 0 Å². The highest BCUT2D eigenvalue weighted by atomic mass is 79.9. The Bertz CT molecular complexity index is 430. The van der Waals surface area contributed by atoms with Crippen molar-refractivity contribution in [2.75, 3.05) is 13.7 Å². The summed E-state index contributed by atoms with van der Waals surface area (Å²) in [5, 5.41) is 8.48. The summed E-state index contributed by atoms with van der Waals surface area (Å²) in [6.45, 7) is 0.000952. The van der Waals surface area contributed by atoms with Gasteiger partial charge in [-0.05, 0) is 18.2 Å². The summed E-state index contributed by atoms with van der Waals surface area (Å²) < 4.78 is 10.5. The molecule has 0 fully saturated rings. The Kier molecular flexibility index (Phi) is 4.96. The smallest absolute Gasteiger partial charge is 0.341 e. The monoisotopic (exact) mass is 302 g/mol. The second-order valence-corrected chi connectivity index (χ2v) is 4.04. The Hall–Kier alpha value is -1.56.